The summed E-state index contributed by atoms with van der Waals surface area (Å²) in [5.74, 6) is -1.55. The summed E-state index contributed by atoms with van der Waals surface area (Å²) in [7, 11) is 0. The minimum atomic E-state index is -0.925. The summed E-state index contributed by atoms with van der Waals surface area (Å²) in [6.07, 6.45) is 1.41. The molecular weight excluding hydrogens is 474 g/mol. The Balaban J connectivity index is 1.90. The molecule has 0 saturated heterocycles. The first-order valence-corrected chi connectivity index (χ1v) is 11.5. The number of nitrogens with one attached hydrogen (secondary N) is 2. The topological polar surface area (TPSA) is 84.3 Å². The summed E-state index contributed by atoms with van der Waals surface area (Å²) in [6, 6.07) is 9.87. The van der Waals surface area contributed by atoms with E-state index in [0.717, 1.165) is 23.6 Å². The van der Waals surface area contributed by atoms with Gasteiger partial charge in [-0.05, 0) is 43.8 Å². The Labute approximate surface area is 206 Å². The number of carbonyl (C=O) groups excluding carboxylic acids is 1. The van der Waals surface area contributed by atoms with Crippen LogP contribution >= 0.6 is 11.6 Å². The predicted molar refractivity (Wildman–Crippen MR) is 133 cm³/mol. The molecular formula is C25H23ClF2N6O. The first kappa shape index (κ1) is 24.4. The Morgan fingerprint density at radius 1 is 1.09 bits per heavy atom. The van der Waals surface area contributed by atoms with Gasteiger partial charge in [-0.1, -0.05) is 24.6 Å². The van der Waals surface area contributed by atoms with Crippen LogP contribution in [0.1, 0.15) is 19.4 Å². The number of aromatic nitrogens is 1. The first-order chi connectivity index (χ1) is 16.9. The SMILES string of the molecule is CCNCCNc1cc(F)c(N2C(=O)N(CC)c3ncc(Cl)cc3-c3ccc(C#N)cc32)c(F)c1. The lowest BCUT2D eigenvalue weighted by Gasteiger charge is -2.28. The molecule has 180 valence electrons. The number of pyridine rings is 1. The maximum Gasteiger partial charge on any atom is 0.334 e. The van der Waals surface area contributed by atoms with E-state index in [1.807, 2.05) is 13.0 Å². The summed E-state index contributed by atoms with van der Waals surface area (Å²) >= 11 is 6.20. The largest absolute Gasteiger partial charge is 0.384 e. The van der Waals surface area contributed by atoms with Crippen LogP contribution in [0.4, 0.5) is 36.5 Å². The molecule has 1 aromatic heterocycles. The van der Waals surface area contributed by atoms with Gasteiger partial charge in [0, 0.05) is 42.6 Å². The number of urea groups is 1. The van der Waals surface area contributed by atoms with Crippen molar-refractivity contribution in [2.45, 2.75) is 13.8 Å². The van der Waals surface area contributed by atoms with Gasteiger partial charge < -0.3 is 10.6 Å². The van der Waals surface area contributed by atoms with Crippen LogP contribution in [0.5, 0.6) is 0 Å². The number of nitriles is 1. The van der Waals surface area contributed by atoms with Crippen LogP contribution in [0.25, 0.3) is 11.1 Å². The van der Waals surface area contributed by atoms with E-state index in [1.54, 1.807) is 25.1 Å². The number of rotatable bonds is 7. The molecule has 0 unspecified atom stereocenters. The molecule has 0 radical (unpaired) electrons. The lowest BCUT2D eigenvalue weighted by Crippen LogP contribution is -2.41. The highest BCUT2D eigenvalue weighted by Gasteiger charge is 2.36. The van der Waals surface area contributed by atoms with Crippen molar-refractivity contribution < 1.29 is 13.6 Å². The smallest absolute Gasteiger partial charge is 0.334 e. The number of fused-ring (bicyclic) bond motifs is 3. The normalized spacial score (nSPS) is 12.6. The van der Waals surface area contributed by atoms with Crippen LogP contribution in [0.3, 0.4) is 0 Å². The van der Waals surface area contributed by atoms with Crippen molar-refractivity contribution in [1.29, 1.82) is 5.26 Å². The van der Waals surface area contributed by atoms with Crippen LogP contribution in [0.15, 0.2) is 42.6 Å². The van der Waals surface area contributed by atoms with Gasteiger partial charge in [0.25, 0.3) is 0 Å². The van der Waals surface area contributed by atoms with Crippen LogP contribution in [-0.2, 0) is 0 Å². The second-order valence-corrected chi connectivity index (χ2v) is 8.24. The molecule has 3 aromatic rings. The third-order valence-electron chi connectivity index (χ3n) is 5.61. The molecule has 10 heteroatoms. The van der Waals surface area contributed by atoms with Gasteiger partial charge in [-0.25, -0.2) is 18.6 Å². The molecule has 0 spiro atoms. The fourth-order valence-electron chi connectivity index (χ4n) is 4.03. The van der Waals surface area contributed by atoms with Crippen molar-refractivity contribution in [3.8, 4) is 17.2 Å². The maximum absolute atomic E-state index is 15.5. The number of carbonyl (C=O) groups is 1. The monoisotopic (exact) mass is 496 g/mol. The number of hydrogen-bond donors (Lipinski definition) is 2. The summed E-state index contributed by atoms with van der Waals surface area (Å²) in [5.41, 5.74) is 1.06. The zero-order valence-electron chi connectivity index (χ0n) is 19.2. The number of halogens is 3. The lowest BCUT2D eigenvalue weighted by molar-refractivity contribution is 0.253. The number of amides is 2. The van der Waals surface area contributed by atoms with Crippen molar-refractivity contribution in [2.75, 3.05) is 41.3 Å². The Hall–Kier alpha value is -3.74. The molecule has 0 fully saturated rings. The number of hydrogen-bond acceptors (Lipinski definition) is 5. The van der Waals surface area contributed by atoms with Gasteiger partial charge in [0.2, 0.25) is 0 Å². The lowest BCUT2D eigenvalue weighted by atomic mass is 10.0. The minimum Gasteiger partial charge on any atom is -0.384 e. The number of benzene rings is 2. The van der Waals surface area contributed by atoms with Gasteiger partial charge >= 0.3 is 6.03 Å². The molecule has 2 heterocycles. The van der Waals surface area contributed by atoms with Crippen molar-refractivity contribution in [3.05, 3.63) is 64.8 Å². The number of anilines is 4. The van der Waals surface area contributed by atoms with Crippen LogP contribution in [-0.4, -0.2) is 37.2 Å². The summed E-state index contributed by atoms with van der Waals surface area (Å²) < 4.78 is 30.9. The molecule has 4 rings (SSSR count). The molecule has 7 nitrogen and oxygen atoms in total. The Kier molecular flexibility index (Phi) is 7.15. The van der Waals surface area contributed by atoms with Gasteiger partial charge in [-0.3, -0.25) is 9.80 Å². The zero-order valence-corrected chi connectivity index (χ0v) is 20.0. The molecule has 2 N–H and O–H groups in total. The van der Waals surface area contributed by atoms with E-state index in [0.29, 0.717) is 35.1 Å². The highest BCUT2D eigenvalue weighted by Crippen LogP contribution is 2.45. The van der Waals surface area contributed by atoms with E-state index < -0.39 is 23.4 Å². The average molecular weight is 497 g/mol. The number of likely N-dealkylation sites (N-methyl/N-ethyl adjacent to an activating group) is 1. The van der Waals surface area contributed by atoms with Crippen LogP contribution in [0.2, 0.25) is 5.02 Å². The molecule has 0 bridgehead atoms. The van der Waals surface area contributed by atoms with Gasteiger partial charge in [-0.2, -0.15) is 5.26 Å². The Bertz CT molecular complexity index is 1300. The third-order valence-corrected chi connectivity index (χ3v) is 5.81. The van der Waals surface area contributed by atoms with Gasteiger partial charge in [0.05, 0.1) is 22.3 Å². The first-order valence-electron chi connectivity index (χ1n) is 11.1. The standard InChI is InChI=1S/C25H23ClF2N6O/c1-3-30-7-8-31-17-11-20(27)23(21(28)12-17)34-22-9-15(13-29)5-6-18(22)19-10-16(26)14-32-24(19)33(4-2)25(34)35/h5-6,9-12,14,30-31H,3-4,7-8H2,1-2H3. The van der Waals surface area contributed by atoms with E-state index in [1.165, 1.54) is 17.2 Å². The van der Waals surface area contributed by atoms with Gasteiger partial charge in [-0.15, -0.1) is 0 Å². The zero-order chi connectivity index (χ0) is 25.1. The molecule has 0 saturated carbocycles. The molecule has 35 heavy (non-hydrogen) atoms. The highest BCUT2D eigenvalue weighted by molar-refractivity contribution is 6.31. The van der Waals surface area contributed by atoms with Crippen LogP contribution in [0, 0.1) is 23.0 Å². The summed E-state index contributed by atoms with van der Waals surface area (Å²) in [5, 5.41) is 15.9. The Morgan fingerprint density at radius 3 is 2.49 bits per heavy atom. The summed E-state index contributed by atoms with van der Waals surface area (Å²) in [6.45, 7) is 5.74. The fourth-order valence-corrected chi connectivity index (χ4v) is 4.19. The minimum absolute atomic E-state index is 0.154. The fraction of sp³-hybridized carbons (Fsp3) is 0.240. The molecule has 0 atom stereocenters. The van der Waals surface area contributed by atoms with E-state index >= 15 is 8.78 Å². The highest BCUT2D eigenvalue weighted by atomic mass is 35.5. The summed E-state index contributed by atoms with van der Waals surface area (Å²) in [4.78, 5) is 20.4. The van der Waals surface area contributed by atoms with Crippen LogP contribution < -0.4 is 20.4 Å². The number of nitrogens with zero attached hydrogens (tertiary/aromatic N) is 4. The maximum atomic E-state index is 15.5. The van der Waals surface area contributed by atoms with Crippen molar-refractivity contribution in [2.24, 2.45) is 0 Å². The van der Waals surface area contributed by atoms with E-state index in [4.69, 9.17) is 11.6 Å². The molecule has 1 aliphatic rings. The van der Waals surface area contributed by atoms with Gasteiger partial charge in [0.15, 0.2) is 11.6 Å². The quantitative estimate of drug-likeness (QED) is 0.412. The van der Waals surface area contributed by atoms with Crippen molar-refractivity contribution in [3.63, 3.8) is 0 Å². The van der Waals surface area contributed by atoms with Crippen molar-refractivity contribution in [1.82, 2.24) is 10.3 Å². The van der Waals surface area contributed by atoms with Crippen molar-refractivity contribution >= 4 is 40.5 Å². The Morgan fingerprint density at radius 2 is 1.83 bits per heavy atom. The second-order valence-electron chi connectivity index (χ2n) is 7.80. The predicted octanol–water partition coefficient (Wildman–Crippen LogP) is 5.67. The second kappa shape index (κ2) is 10.3. The molecule has 1 aliphatic heterocycles. The third kappa shape index (κ3) is 4.63. The van der Waals surface area contributed by atoms with E-state index in [-0.39, 0.29) is 23.5 Å². The molecule has 2 amide bonds. The molecule has 2 aromatic carbocycles. The average Bonchev–Trinajstić information content (AvgIpc) is 2.93. The van der Waals surface area contributed by atoms with E-state index in [2.05, 4.69) is 15.6 Å². The molecule has 0 aliphatic carbocycles. The van der Waals surface area contributed by atoms with E-state index in [9.17, 15) is 10.1 Å². The van der Waals surface area contributed by atoms with Gasteiger partial charge in [0.1, 0.15) is 11.5 Å².